The van der Waals surface area contributed by atoms with Gasteiger partial charge in [-0.15, -0.1) is 0 Å². The van der Waals surface area contributed by atoms with Crippen LogP contribution in [0.5, 0.6) is 5.75 Å². The molecule has 1 aromatic heterocycles. The Kier molecular flexibility index (Phi) is 11.4. The van der Waals surface area contributed by atoms with Crippen LogP contribution < -0.4 is 25.3 Å². The van der Waals surface area contributed by atoms with Gasteiger partial charge in [-0.25, -0.2) is 19.8 Å². The van der Waals surface area contributed by atoms with Gasteiger partial charge in [0.05, 0.1) is 48.5 Å². The van der Waals surface area contributed by atoms with E-state index in [0.29, 0.717) is 53.4 Å². The van der Waals surface area contributed by atoms with Gasteiger partial charge in [0.15, 0.2) is 5.82 Å². The summed E-state index contributed by atoms with van der Waals surface area (Å²) in [5.74, 6) is 1.07. The lowest BCUT2D eigenvalue weighted by Crippen LogP contribution is -2.53. The van der Waals surface area contributed by atoms with Crippen molar-refractivity contribution in [1.82, 2.24) is 19.8 Å². The second-order valence-corrected chi connectivity index (χ2v) is 14.4. The Balaban J connectivity index is 1.07. The van der Waals surface area contributed by atoms with E-state index >= 15 is 0 Å². The van der Waals surface area contributed by atoms with E-state index in [9.17, 15) is 9.59 Å². The maximum absolute atomic E-state index is 12.8. The van der Waals surface area contributed by atoms with Crippen LogP contribution in [0.25, 0.3) is 0 Å². The molecule has 4 fully saturated rings. The fourth-order valence-corrected chi connectivity index (χ4v) is 7.64. The third kappa shape index (κ3) is 8.58. The number of hydrogen-bond donors (Lipinski definition) is 2. The van der Waals surface area contributed by atoms with Crippen molar-refractivity contribution >= 4 is 40.6 Å². The number of carbonyl (C=O) groups excluding carboxylic acids is 2. The maximum Gasteiger partial charge on any atom is 0.338 e. The van der Waals surface area contributed by atoms with Crippen molar-refractivity contribution in [3.8, 4) is 5.75 Å². The Labute approximate surface area is 312 Å². The number of piperidine rings is 1. The minimum Gasteiger partial charge on any atom is -0.494 e. The number of carbonyl (C=O) groups is 2. The van der Waals surface area contributed by atoms with Crippen LogP contribution in [0.15, 0.2) is 61.4 Å². The number of hydrogen-bond acceptors (Lipinski definition) is 12. The summed E-state index contributed by atoms with van der Waals surface area (Å²) in [6.07, 6.45) is 8.93. The van der Waals surface area contributed by atoms with Crippen LogP contribution in [-0.4, -0.2) is 103 Å². The number of nitrogens with one attached hydrogen (secondary N) is 2. The molecule has 3 aliphatic heterocycles. The van der Waals surface area contributed by atoms with E-state index in [-0.39, 0.29) is 24.0 Å². The van der Waals surface area contributed by atoms with Crippen molar-refractivity contribution in [1.29, 1.82) is 0 Å². The molecule has 7 rings (SSSR count). The fraction of sp³-hybridized carbons (Fsp3) is 0.500. The largest absolute Gasteiger partial charge is 0.494 e. The van der Waals surface area contributed by atoms with Gasteiger partial charge in [0.1, 0.15) is 17.9 Å². The number of rotatable bonds is 13. The standard InChI is InChI=1S/C40H52N8O5/c1-5-27(3)53-40(50)29-9-7-8-28(22-29)34-14-21-52-48(34)38-25-37(41-26-42-38)43-33-23-32(44-39(49)6-2)35(24-36(33)51-4)47-15-12-31(13-16-47)46-19-17-45(18-20-46)30-10-11-30/h6-9,22-27,30-31,34H,2,5,10-21H2,1,3-4H3,(H,44,49)(H,41,42,43). The Hall–Kier alpha value is -4.72. The highest BCUT2D eigenvalue weighted by atomic mass is 16.7. The number of aromatic nitrogens is 2. The van der Waals surface area contributed by atoms with Gasteiger partial charge >= 0.3 is 5.97 Å². The molecule has 0 radical (unpaired) electrons. The number of esters is 1. The zero-order valence-corrected chi connectivity index (χ0v) is 31.1. The van der Waals surface area contributed by atoms with Crippen molar-refractivity contribution in [2.75, 3.05) is 73.6 Å². The maximum atomic E-state index is 12.8. The van der Waals surface area contributed by atoms with Crippen LogP contribution in [0.1, 0.15) is 74.3 Å². The second kappa shape index (κ2) is 16.5. The molecule has 2 aromatic carbocycles. The zero-order chi connectivity index (χ0) is 36.9. The first kappa shape index (κ1) is 36.6. The highest BCUT2D eigenvalue weighted by Gasteiger charge is 2.34. The van der Waals surface area contributed by atoms with Crippen molar-refractivity contribution in [3.05, 3.63) is 72.6 Å². The number of hydroxylamine groups is 1. The normalized spacial score (nSPS) is 20.5. The topological polar surface area (TPSA) is 125 Å². The van der Waals surface area contributed by atoms with E-state index < -0.39 is 0 Å². The molecule has 2 N–H and O–H groups in total. The minimum atomic E-state index is -0.342. The minimum absolute atomic E-state index is 0.158. The average molecular weight is 725 g/mol. The quantitative estimate of drug-likeness (QED) is 0.160. The smallest absolute Gasteiger partial charge is 0.338 e. The summed E-state index contributed by atoms with van der Waals surface area (Å²) in [4.78, 5) is 48.2. The number of nitrogens with zero attached hydrogens (tertiary/aromatic N) is 6. The van der Waals surface area contributed by atoms with E-state index in [1.165, 1.54) is 38.3 Å². The number of amides is 1. The van der Waals surface area contributed by atoms with Gasteiger partial charge in [-0.1, -0.05) is 25.6 Å². The second-order valence-electron chi connectivity index (χ2n) is 14.4. The first-order chi connectivity index (χ1) is 25.8. The Morgan fingerprint density at radius 1 is 0.962 bits per heavy atom. The molecular formula is C40H52N8O5. The predicted molar refractivity (Wildman–Crippen MR) is 206 cm³/mol. The summed E-state index contributed by atoms with van der Waals surface area (Å²) in [6.45, 7) is 14.5. The van der Waals surface area contributed by atoms with Gasteiger partial charge in [-0.2, -0.15) is 0 Å². The van der Waals surface area contributed by atoms with E-state index in [1.54, 1.807) is 18.2 Å². The predicted octanol–water partition coefficient (Wildman–Crippen LogP) is 5.94. The van der Waals surface area contributed by atoms with Crippen LogP contribution in [0.2, 0.25) is 0 Å². The van der Waals surface area contributed by atoms with E-state index in [4.69, 9.17) is 14.3 Å². The van der Waals surface area contributed by atoms with E-state index in [0.717, 1.165) is 62.7 Å². The monoisotopic (exact) mass is 724 g/mol. The molecule has 0 spiro atoms. The third-order valence-corrected chi connectivity index (χ3v) is 10.9. The first-order valence-corrected chi connectivity index (χ1v) is 19.0. The van der Waals surface area contributed by atoms with Gasteiger partial charge in [0.2, 0.25) is 5.91 Å². The van der Waals surface area contributed by atoms with Crippen LogP contribution >= 0.6 is 0 Å². The lowest BCUT2D eigenvalue weighted by Gasteiger charge is -2.43. The summed E-state index contributed by atoms with van der Waals surface area (Å²) >= 11 is 0. The summed E-state index contributed by atoms with van der Waals surface area (Å²) in [5, 5.41) is 8.19. The number of methoxy groups -OCH3 is 1. The van der Waals surface area contributed by atoms with Crippen molar-refractivity contribution < 1.29 is 23.9 Å². The summed E-state index contributed by atoms with van der Waals surface area (Å²) in [5.41, 5.74) is 3.63. The molecule has 1 saturated carbocycles. The molecule has 282 valence electrons. The molecule has 0 bridgehead atoms. The summed E-state index contributed by atoms with van der Waals surface area (Å²) < 4.78 is 11.5. The molecule has 2 unspecified atom stereocenters. The zero-order valence-electron chi connectivity index (χ0n) is 31.1. The number of anilines is 5. The molecule has 3 aromatic rings. The lowest BCUT2D eigenvalue weighted by atomic mass is 10.0. The first-order valence-electron chi connectivity index (χ1n) is 19.0. The van der Waals surface area contributed by atoms with Crippen molar-refractivity contribution in [2.45, 2.75) is 76.6 Å². The van der Waals surface area contributed by atoms with Crippen molar-refractivity contribution in [2.24, 2.45) is 0 Å². The molecule has 1 amide bonds. The lowest BCUT2D eigenvalue weighted by molar-refractivity contribution is -0.111. The van der Waals surface area contributed by atoms with E-state index in [2.05, 4.69) is 41.9 Å². The molecule has 3 saturated heterocycles. The van der Waals surface area contributed by atoms with Gasteiger partial charge in [-0.3, -0.25) is 19.4 Å². The molecule has 53 heavy (non-hydrogen) atoms. The Bertz CT molecular complexity index is 1770. The highest BCUT2D eigenvalue weighted by molar-refractivity contribution is 6.02. The number of benzene rings is 2. The van der Waals surface area contributed by atoms with Gasteiger partial charge in [-0.05, 0) is 68.9 Å². The molecular weight excluding hydrogens is 672 g/mol. The molecule has 13 nitrogen and oxygen atoms in total. The molecule has 2 atom stereocenters. The molecule has 13 heteroatoms. The Morgan fingerprint density at radius 3 is 2.38 bits per heavy atom. The Morgan fingerprint density at radius 2 is 1.70 bits per heavy atom. The highest BCUT2D eigenvalue weighted by Crippen LogP contribution is 2.41. The average Bonchev–Trinajstić information content (AvgIpc) is 3.93. The van der Waals surface area contributed by atoms with Crippen LogP contribution in [0.3, 0.4) is 0 Å². The van der Waals surface area contributed by atoms with Crippen LogP contribution in [0.4, 0.5) is 28.7 Å². The number of piperazine rings is 1. The molecule has 1 aliphatic carbocycles. The number of ether oxygens (including phenoxy) is 2. The van der Waals surface area contributed by atoms with Crippen LogP contribution in [-0.2, 0) is 14.4 Å². The van der Waals surface area contributed by atoms with Gasteiger partial charge < -0.3 is 25.0 Å². The summed E-state index contributed by atoms with van der Waals surface area (Å²) in [6, 6.07) is 14.4. The summed E-state index contributed by atoms with van der Waals surface area (Å²) in [7, 11) is 1.64. The van der Waals surface area contributed by atoms with Crippen molar-refractivity contribution in [3.63, 3.8) is 0 Å². The SMILES string of the molecule is C=CC(=O)Nc1cc(Nc2cc(N3OCCC3c3cccc(C(=O)OC(C)CC)c3)ncn2)c(OC)cc1N1CCC(N2CCN(C3CC3)CC2)CC1. The fourth-order valence-electron chi connectivity index (χ4n) is 7.64. The van der Waals surface area contributed by atoms with E-state index in [1.807, 2.05) is 50.2 Å². The third-order valence-electron chi connectivity index (χ3n) is 10.9. The van der Waals surface area contributed by atoms with Gasteiger partial charge in [0.25, 0.3) is 0 Å². The molecule has 4 heterocycles. The van der Waals surface area contributed by atoms with Gasteiger partial charge in [0, 0.05) is 69.9 Å². The molecule has 4 aliphatic rings. The van der Waals surface area contributed by atoms with Crippen LogP contribution in [0, 0.1) is 0 Å².